The molecule has 3 rings (SSSR count). The van der Waals surface area contributed by atoms with E-state index < -0.39 is 0 Å². The molecule has 2 heterocycles. The third kappa shape index (κ3) is 4.77. The summed E-state index contributed by atoms with van der Waals surface area (Å²) in [4.78, 5) is 21.7. The number of ether oxygens (including phenoxy) is 1. The molecule has 0 spiro atoms. The van der Waals surface area contributed by atoms with Crippen molar-refractivity contribution in [2.75, 3.05) is 33.8 Å². The van der Waals surface area contributed by atoms with Gasteiger partial charge >= 0.3 is 0 Å². The Morgan fingerprint density at radius 3 is 2.59 bits per heavy atom. The van der Waals surface area contributed by atoms with Gasteiger partial charge in [-0.15, -0.1) is 0 Å². The number of aliphatic hydroxyl groups is 1. The number of aliphatic hydroxyl groups excluding tert-OH is 1. The Morgan fingerprint density at radius 2 is 1.97 bits per heavy atom. The molecule has 0 saturated carbocycles. The van der Waals surface area contributed by atoms with Gasteiger partial charge in [0.05, 0.1) is 12.6 Å². The van der Waals surface area contributed by atoms with Crippen molar-refractivity contribution in [3.8, 4) is 17.0 Å². The predicted octanol–water partition coefficient (Wildman–Crippen LogP) is 2.84. The lowest BCUT2D eigenvalue weighted by molar-refractivity contribution is 0.0348. The number of nitrogens with zero attached hydrogens (tertiary/aromatic N) is 3. The van der Waals surface area contributed by atoms with E-state index in [4.69, 9.17) is 4.74 Å². The molecule has 156 valence electrons. The Labute approximate surface area is 173 Å². The molecule has 0 aliphatic carbocycles. The predicted molar refractivity (Wildman–Crippen MR) is 114 cm³/mol. The lowest BCUT2D eigenvalue weighted by Crippen LogP contribution is -2.49. The number of carbonyl (C=O) groups excluding carboxylic acids is 1. The topological polar surface area (TPSA) is 65.9 Å². The van der Waals surface area contributed by atoms with Crippen molar-refractivity contribution in [3.05, 3.63) is 47.7 Å². The number of aryl methyl sites for hydroxylation is 1. The number of hydrogen-bond donors (Lipinski definition) is 1. The summed E-state index contributed by atoms with van der Waals surface area (Å²) in [6.07, 6.45) is 1.65. The van der Waals surface area contributed by atoms with Gasteiger partial charge in [-0.3, -0.25) is 4.79 Å². The van der Waals surface area contributed by atoms with Gasteiger partial charge in [0.2, 0.25) is 5.88 Å². The van der Waals surface area contributed by atoms with Gasteiger partial charge in [-0.1, -0.05) is 36.8 Å². The first-order valence-corrected chi connectivity index (χ1v) is 10.1. The van der Waals surface area contributed by atoms with Crippen LogP contribution in [0.4, 0.5) is 0 Å². The monoisotopic (exact) mass is 397 g/mol. The van der Waals surface area contributed by atoms with Crippen LogP contribution in [0, 0.1) is 12.8 Å². The molecule has 1 aliphatic heterocycles. The third-order valence-electron chi connectivity index (χ3n) is 5.45. The molecule has 0 fully saturated rings. The quantitative estimate of drug-likeness (QED) is 0.840. The average Bonchev–Trinajstić information content (AvgIpc) is 2.70. The fraction of sp³-hybridized carbons (Fsp3) is 0.478. The van der Waals surface area contributed by atoms with Gasteiger partial charge in [0.25, 0.3) is 5.91 Å². The molecule has 0 unspecified atom stereocenters. The molecule has 0 bridgehead atoms. The van der Waals surface area contributed by atoms with Crippen LogP contribution in [0.1, 0.15) is 29.8 Å². The summed E-state index contributed by atoms with van der Waals surface area (Å²) in [6, 6.07) is 9.71. The fourth-order valence-corrected chi connectivity index (χ4v) is 3.58. The Morgan fingerprint density at radius 1 is 1.28 bits per heavy atom. The van der Waals surface area contributed by atoms with Crippen LogP contribution in [0.25, 0.3) is 11.1 Å². The number of fused-ring (bicyclic) bond motifs is 1. The Balaban J connectivity index is 2.06. The zero-order chi connectivity index (χ0) is 21.1. The molecule has 2 aromatic rings. The second-order valence-electron chi connectivity index (χ2n) is 8.33. The number of hydrogen-bond acceptors (Lipinski definition) is 5. The number of benzene rings is 1. The van der Waals surface area contributed by atoms with Crippen molar-refractivity contribution < 1.29 is 14.6 Å². The maximum absolute atomic E-state index is 13.4. The fourth-order valence-electron chi connectivity index (χ4n) is 3.58. The van der Waals surface area contributed by atoms with E-state index in [0.29, 0.717) is 18.0 Å². The number of likely N-dealkylation sites (N-methyl/N-ethyl adjacent to an activating group) is 1. The molecule has 0 saturated heterocycles. The molecule has 1 aromatic carbocycles. The molecule has 6 nitrogen and oxygen atoms in total. The van der Waals surface area contributed by atoms with Gasteiger partial charge in [-0.2, -0.15) is 0 Å². The van der Waals surface area contributed by atoms with E-state index in [1.807, 2.05) is 58.3 Å². The van der Waals surface area contributed by atoms with Gasteiger partial charge in [0, 0.05) is 30.8 Å². The van der Waals surface area contributed by atoms with Crippen LogP contribution in [0.3, 0.4) is 0 Å². The van der Waals surface area contributed by atoms with E-state index in [0.717, 1.165) is 17.7 Å². The molecule has 6 heteroatoms. The van der Waals surface area contributed by atoms with Crippen LogP contribution in [-0.4, -0.2) is 71.7 Å². The highest BCUT2D eigenvalue weighted by molar-refractivity contribution is 5.98. The highest BCUT2D eigenvalue weighted by Crippen LogP contribution is 2.30. The summed E-state index contributed by atoms with van der Waals surface area (Å²) in [5.74, 6) is 0.305. The van der Waals surface area contributed by atoms with E-state index in [-0.39, 0.29) is 30.6 Å². The molecule has 1 aromatic heterocycles. The van der Waals surface area contributed by atoms with Crippen molar-refractivity contribution in [1.29, 1.82) is 0 Å². The maximum Gasteiger partial charge on any atom is 0.259 e. The minimum atomic E-state index is -0.279. The van der Waals surface area contributed by atoms with E-state index in [1.165, 1.54) is 5.56 Å². The number of rotatable bonds is 5. The SMILES string of the molecule is Cc1ccc(-c2cnc3c(c2)C(=O)N([C@@H](C)CO)C[C@@H](C)[C@@H](CN(C)C)O3)cc1. The zero-order valence-electron chi connectivity index (χ0n) is 17.9. The number of carbonyl (C=O) groups is 1. The van der Waals surface area contributed by atoms with Crippen molar-refractivity contribution >= 4 is 5.91 Å². The molecule has 29 heavy (non-hydrogen) atoms. The lowest BCUT2D eigenvalue weighted by atomic mass is 9.99. The molecular formula is C23H31N3O3. The van der Waals surface area contributed by atoms with Crippen molar-refractivity contribution in [2.45, 2.75) is 32.9 Å². The van der Waals surface area contributed by atoms with Crippen LogP contribution in [0.5, 0.6) is 5.88 Å². The molecule has 3 atom stereocenters. The van der Waals surface area contributed by atoms with Crippen LogP contribution < -0.4 is 4.74 Å². The van der Waals surface area contributed by atoms with Crippen molar-refractivity contribution in [1.82, 2.24) is 14.8 Å². The van der Waals surface area contributed by atoms with Gasteiger partial charge in [-0.25, -0.2) is 4.98 Å². The first-order valence-electron chi connectivity index (χ1n) is 10.1. The van der Waals surface area contributed by atoms with Gasteiger partial charge in [-0.05, 0) is 39.6 Å². The van der Waals surface area contributed by atoms with Crippen LogP contribution in [0.2, 0.25) is 0 Å². The maximum atomic E-state index is 13.4. The molecule has 1 N–H and O–H groups in total. The smallest absolute Gasteiger partial charge is 0.259 e. The van der Waals surface area contributed by atoms with E-state index >= 15 is 0 Å². The summed E-state index contributed by atoms with van der Waals surface area (Å²) in [7, 11) is 4.01. The van der Waals surface area contributed by atoms with E-state index in [9.17, 15) is 9.90 Å². The van der Waals surface area contributed by atoms with E-state index in [2.05, 4.69) is 16.8 Å². The van der Waals surface area contributed by atoms with Gasteiger partial charge < -0.3 is 19.6 Å². The number of amides is 1. The number of aromatic nitrogens is 1. The summed E-state index contributed by atoms with van der Waals surface area (Å²) in [6.45, 7) is 7.14. The molecule has 1 amide bonds. The van der Waals surface area contributed by atoms with E-state index in [1.54, 1.807) is 11.1 Å². The third-order valence-corrected chi connectivity index (χ3v) is 5.45. The molecular weight excluding hydrogens is 366 g/mol. The summed E-state index contributed by atoms with van der Waals surface area (Å²) in [5.41, 5.74) is 3.49. The first-order chi connectivity index (χ1) is 13.8. The average molecular weight is 398 g/mol. The molecule has 0 radical (unpaired) electrons. The highest BCUT2D eigenvalue weighted by Gasteiger charge is 2.33. The Hall–Kier alpha value is -2.44. The normalized spacial score (nSPS) is 20.7. The minimum absolute atomic E-state index is 0.0852. The largest absolute Gasteiger partial charge is 0.472 e. The zero-order valence-corrected chi connectivity index (χ0v) is 17.9. The van der Waals surface area contributed by atoms with Crippen molar-refractivity contribution in [2.24, 2.45) is 5.92 Å². The second kappa shape index (κ2) is 8.93. The summed E-state index contributed by atoms with van der Waals surface area (Å²) >= 11 is 0. The minimum Gasteiger partial charge on any atom is -0.472 e. The summed E-state index contributed by atoms with van der Waals surface area (Å²) < 4.78 is 6.24. The van der Waals surface area contributed by atoms with Gasteiger partial charge in [0.15, 0.2) is 0 Å². The molecule has 1 aliphatic rings. The highest BCUT2D eigenvalue weighted by atomic mass is 16.5. The summed E-state index contributed by atoms with van der Waals surface area (Å²) in [5, 5.41) is 9.72. The lowest BCUT2D eigenvalue weighted by Gasteiger charge is -2.37. The Bertz CT molecular complexity index is 851. The second-order valence-corrected chi connectivity index (χ2v) is 8.33. The van der Waals surface area contributed by atoms with Crippen molar-refractivity contribution in [3.63, 3.8) is 0 Å². The van der Waals surface area contributed by atoms with Gasteiger partial charge in [0.1, 0.15) is 11.7 Å². The van der Waals surface area contributed by atoms with Crippen LogP contribution in [-0.2, 0) is 0 Å². The van der Waals surface area contributed by atoms with Crippen LogP contribution >= 0.6 is 0 Å². The number of pyridine rings is 1. The first kappa shape index (κ1) is 21.3. The standard InChI is InChI=1S/C23H31N3O3/c1-15-6-8-18(9-7-15)19-10-20-22(24-11-19)29-21(13-25(4)5)16(2)12-26(23(20)28)17(3)14-27/h6-11,16-17,21,27H,12-14H2,1-5H3/t16-,17+,21-/m1/s1. The van der Waals surface area contributed by atoms with Crippen LogP contribution in [0.15, 0.2) is 36.5 Å². The Kier molecular flexibility index (Phi) is 6.55.